The van der Waals surface area contributed by atoms with E-state index in [0.717, 1.165) is 12.1 Å². The number of nitriles is 1. The molecule has 0 aliphatic heterocycles. The topological polar surface area (TPSA) is 64.9 Å². The number of benzene rings is 2. The molecule has 0 saturated heterocycles. The van der Waals surface area contributed by atoms with Crippen molar-refractivity contribution < 1.29 is 18.0 Å². The number of nitrogens with one attached hydrogen (secondary N) is 2. The number of carbonyl (C=O) groups excluding carboxylic acids is 1. The number of anilines is 2. The molecule has 0 aromatic heterocycles. The van der Waals surface area contributed by atoms with Gasteiger partial charge in [0.15, 0.2) is 17.5 Å². The lowest BCUT2D eigenvalue weighted by atomic mass is 10.2. The van der Waals surface area contributed by atoms with E-state index in [1.165, 1.54) is 6.07 Å². The van der Waals surface area contributed by atoms with E-state index in [9.17, 15) is 18.0 Å². The van der Waals surface area contributed by atoms with Crippen molar-refractivity contribution in [2.45, 2.75) is 6.42 Å². The van der Waals surface area contributed by atoms with Crippen LogP contribution in [0.25, 0.3) is 0 Å². The molecular weight excluding hydrogens is 307 g/mol. The summed E-state index contributed by atoms with van der Waals surface area (Å²) in [5.74, 6) is -4.53. The number of halogens is 3. The average molecular weight is 319 g/mol. The molecule has 1 amide bonds. The molecule has 4 nitrogen and oxygen atoms in total. The molecule has 0 aliphatic carbocycles. The first-order valence-electron chi connectivity index (χ1n) is 6.68. The van der Waals surface area contributed by atoms with E-state index in [2.05, 4.69) is 10.6 Å². The third-order valence-corrected chi connectivity index (χ3v) is 2.98. The van der Waals surface area contributed by atoms with Crippen LogP contribution < -0.4 is 10.6 Å². The molecule has 7 heteroatoms. The van der Waals surface area contributed by atoms with Crippen LogP contribution in [0.1, 0.15) is 12.0 Å². The summed E-state index contributed by atoms with van der Waals surface area (Å²) < 4.78 is 39.2. The van der Waals surface area contributed by atoms with E-state index in [1.807, 2.05) is 6.07 Å². The van der Waals surface area contributed by atoms with Crippen LogP contribution >= 0.6 is 0 Å². The fraction of sp³-hybridized carbons (Fsp3) is 0.125. The van der Waals surface area contributed by atoms with Crippen molar-refractivity contribution in [3.63, 3.8) is 0 Å². The minimum atomic E-state index is -1.56. The van der Waals surface area contributed by atoms with Crippen LogP contribution in [-0.2, 0) is 4.79 Å². The van der Waals surface area contributed by atoms with Crippen molar-refractivity contribution in [1.82, 2.24) is 0 Å². The standard InChI is InChI=1S/C16H12F3N3O/c17-12-4-5-13(16(19)15(12)18)21-7-6-14(23)22-11-3-1-2-10(8-11)9-20/h1-5,8,21H,6-7H2,(H,22,23). The maximum absolute atomic E-state index is 13.4. The second-order valence-corrected chi connectivity index (χ2v) is 4.64. The fourth-order valence-corrected chi connectivity index (χ4v) is 1.86. The van der Waals surface area contributed by atoms with Crippen LogP contribution in [0.3, 0.4) is 0 Å². The predicted molar refractivity (Wildman–Crippen MR) is 79.2 cm³/mol. The van der Waals surface area contributed by atoms with Gasteiger partial charge < -0.3 is 10.6 Å². The van der Waals surface area contributed by atoms with E-state index in [4.69, 9.17) is 5.26 Å². The third-order valence-electron chi connectivity index (χ3n) is 2.98. The lowest BCUT2D eigenvalue weighted by Crippen LogP contribution is -2.17. The van der Waals surface area contributed by atoms with Gasteiger partial charge in [-0.15, -0.1) is 0 Å². The second-order valence-electron chi connectivity index (χ2n) is 4.64. The monoisotopic (exact) mass is 319 g/mol. The maximum Gasteiger partial charge on any atom is 0.226 e. The summed E-state index contributed by atoms with van der Waals surface area (Å²) in [6, 6.07) is 10.2. The first kappa shape index (κ1) is 16.4. The predicted octanol–water partition coefficient (Wildman–Crippen LogP) is 3.42. The van der Waals surface area contributed by atoms with Gasteiger partial charge in [0.25, 0.3) is 0 Å². The van der Waals surface area contributed by atoms with Gasteiger partial charge >= 0.3 is 0 Å². The summed E-state index contributed by atoms with van der Waals surface area (Å²) in [5, 5.41) is 13.9. The van der Waals surface area contributed by atoms with E-state index in [0.29, 0.717) is 11.3 Å². The summed E-state index contributed by atoms with van der Waals surface area (Å²) >= 11 is 0. The molecule has 0 radical (unpaired) electrons. The zero-order chi connectivity index (χ0) is 16.8. The summed E-state index contributed by atoms with van der Waals surface area (Å²) in [6.07, 6.45) is -0.0186. The van der Waals surface area contributed by atoms with Crippen molar-refractivity contribution in [2.75, 3.05) is 17.2 Å². The highest BCUT2D eigenvalue weighted by Crippen LogP contribution is 2.19. The van der Waals surface area contributed by atoms with Gasteiger partial charge in [-0.3, -0.25) is 4.79 Å². The molecule has 2 aromatic rings. The van der Waals surface area contributed by atoms with Crippen molar-refractivity contribution in [1.29, 1.82) is 5.26 Å². The highest BCUT2D eigenvalue weighted by Gasteiger charge is 2.13. The van der Waals surface area contributed by atoms with Gasteiger partial charge in [0, 0.05) is 18.7 Å². The van der Waals surface area contributed by atoms with Crippen molar-refractivity contribution in [3.05, 3.63) is 59.4 Å². The zero-order valence-electron chi connectivity index (χ0n) is 11.9. The lowest BCUT2D eigenvalue weighted by Gasteiger charge is -2.09. The van der Waals surface area contributed by atoms with Gasteiger partial charge in [-0.2, -0.15) is 5.26 Å². The SMILES string of the molecule is N#Cc1cccc(NC(=O)CCNc2ccc(F)c(F)c2F)c1. The van der Waals surface area contributed by atoms with E-state index >= 15 is 0 Å². The van der Waals surface area contributed by atoms with Gasteiger partial charge in [0.05, 0.1) is 17.3 Å². The number of hydrogen-bond donors (Lipinski definition) is 2. The number of amides is 1. The van der Waals surface area contributed by atoms with Gasteiger partial charge in [-0.25, -0.2) is 13.2 Å². The minimum absolute atomic E-state index is 0.0186. The fourth-order valence-electron chi connectivity index (χ4n) is 1.86. The largest absolute Gasteiger partial charge is 0.382 e. The highest BCUT2D eigenvalue weighted by molar-refractivity contribution is 5.91. The second kappa shape index (κ2) is 7.31. The Morgan fingerprint density at radius 1 is 1.13 bits per heavy atom. The van der Waals surface area contributed by atoms with Gasteiger partial charge in [0.2, 0.25) is 5.91 Å². The van der Waals surface area contributed by atoms with Crippen molar-refractivity contribution in [3.8, 4) is 6.07 Å². The van der Waals surface area contributed by atoms with E-state index in [-0.39, 0.29) is 24.6 Å². The molecule has 0 spiro atoms. The van der Waals surface area contributed by atoms with Crippen LogP contribution in [0.15, 0.2) is 36.4 Å². The summed E-state index contributed by atoms with van der Waals surface area (Å²) in [6.45, 7) is 0.0335. The van der Waals surface area contributed by atoms with E-state index in [1.54, 1.807) is 18.2 Å². The minimum Gasteiger partial charge on any atom is -0.382 e. The highest BCUT2D eigenvalue weighted by atomic mass is 19.2. The molecule has 2 aromatic carbocycles. The first-order valence-corrected chi connectivity index (χ1v) is 6.68. The molecule has 0 saturated carbocycles. The Hall–Kier alpha value is -3.01. The molecule has 2 N–H and O–H groups in total. The van der Waals surface area contributed by atoms with Crippen LogP contribution in [0.5, 0.6) is 0 Å². The third kappa shape index (κ3) is 4.23. The quantitative estimate of drug-likeness (QED) is 0.830. The summed E-state index contributed by atoms with van der Waals surface area (Å²) in [5.41, 5.74) is 0.654. The molecule has 0 atom stereocenters. The van der Waals surface area contributed by atoms with E-state index < -0.39 is 17.5 Å². The number of hydrogen-bond acceptors (Lipinski definition) is 3. The van der Waals surface area contributed by atoms with Gasteiger partial charge in [0.1, 0.15) is 0 Å². The molecule has 0 fully saturated rings. The molecule has 0 bridgehead atoms. The van der Waals surface area contributed by atoms with Gasteiger partial charge in [-0.05, 0) is 30.3 Å². The molecule has 0 aliphatic rings. The molecule has 0 unspecified atom stereocenters. The molecular formula is C16H12F3N3O. The molecule has 23 heavy (non-hydrogen) atoms. The van der Waals surface area contributed by atoms with Gasteiger partial charge in [-0.1, -0.05) is 6.07 Å². The smallest absolute Gasteiger partial charge is 0.226 e. The lowest BCUT2D eigenvalue weighted by molar-refractivity contribution is -0.115. The maximum atomic E-state index is 13.4. The van der Waals surface area contributed by atoms with Crippen molar-refractivity contribution in [2.24, 2.45) is 0 Å². The Balaban J connectivity index is 1.88. The molecule has 118 valence electrons. The first-order chi connectivity index (χ1) is 11.0. The Labute approximate surface area is 130 Å². The number of carbonyl (C=O) groups is 1. The molecule has 2 rings (SSSR count). The Kier molecular flexibility index (Phi) is 5.20. The summed E-state index contributed by atoms with van der Waals surface area (Å²) in [4.78, 5) is 11.7. The number of rotatable bonds is 5. The van der Waals surface area contributed by atoms with Crippen LogP contribution in [-0.4, -0.2) is 12.5 Å². The van der Waals surface area contributed by atoms with Crippen LogP contribution in [0.2, 0.25) is 0 Å². The normalized spacial score (nSPS) is 10.0. The molecule has 0 heterocycles. The van der Waals surface area contributed by atoms with Crippen LogP contribution in [0.4, 0.5) is 24.5 Å². The Morgan fingerprint density at radius 3 is 2.65 bits per heavy atom. The Morgan fingerprint density at radius 2 is 1.91 bits per heavy atom. The number of nitrogens with zero attached hydrogens (tertiary/aromatic N) is 1. The average Bonchev–Trinajstić information content (AvgIpc) is 2.55. The summed E-state index contributed by atoms with van der Waals surface area (Å²) in [7, 11) is 0. The zero-order valence-corrected chi connectivity index (χ0v) is 11.9. The Bertz CT molecular complexity index is 772. The van der Waals surface area contributed by atoms with Crippen molar-refractivity contribution >= 4 is 17.3 Å². The van der Waals surface area contributed by atoms with Crippen LogP contribution in [0, 0.1) is 28.8 Å².